The summed E-state index contributed by atoms with van der Waals surface area (Å²) in [6.45, 7) is 2.21. The van der Waals surface area contributed by atoms with Crippen LogP contribution in [0.4, 0.5) is 4.39 Å². The second-order valence-electron chi connectivity index (χ2n) is 4.19. The summed E-state index contributed by atoms with van der Waals surface area (Å²) in [6, 6.07) is 10.3. The van der Waals surface area contributed by atoms with Crippen LogP contribution in [0.3, 0.4) is 0 Å². The van der Waals surface area contributed by atoms with Gasteiger partial charge < -0.3 is 9.47 Å². The zero-order valence-electron chi connectivity index (χ0n) is 10.7. The Morgan fingerprint density at radius 3 is 2.58 bits per heavy atom. The Bertz CT molecular complexity index is 584. The number of hydrogen-bond acceptors (Lipinski definition) is 2. The second kappa shape index (κ2) is 5.93. The lowest BCUT2D eigenvalue weighted by molar-refractivity contribution is 0.304. The van der Waals surface area contributed by atoms with E-state index < -0.39 is 5.82 Å². The van der Waals surface area contributed by atoms with E-state index in [1.54, 1.807) is 18.2 Å². The summed E-state index contributed by atoms with van der Waals surface area (Å²) in [5, 5.41) is 0.541. The van der Waals surface area contributed by atoms with Crippen molar-refractivity contribution in [2.24, 2.45) is 0 Å². The van der Waals surface area contributed by atoms with Crippen molar-refractivity contribution in [3.63, 3.8) is 0 Å². The maximum Gasteiger partial charge on any atom is 0.165 e. The number of aryl methyl sites for hydroxylation is 1. The van der Waals surface area contributed by atoms with Crippen molar-refractivity contribution < 1.29 is 13.9 Å². The topological polar surface area (TPSA) is 18.5 Å². The molecule has 0 aliphatic heterocycles. The molecule has 2 rings (SSSR count). The van der Waals surface area contributed by atoms with Gasteiger partial charge in [-0.25, -0.2) is 4.39 Å². The summed E-state index contributed by atoms with van der Waals surface area (Å²) in [5.74, 6) is 0.411. The fourth-order valence-corrected chi connectivity index (χ4v) is 1.85. The molecule has 0 fully saturated rings. The zero-order chi connectivity index (χ0) is 13.8. The Labute approximate surface area is 116 Å². The summed E-state index contributed by atoms with van der Waals surface area (Å²) >= 11 is 6.02. The van der Waals surface area contributed by atoms with Crippen LogP contribution in [0.15, 0.2) is 36.4 Å². The summed E-state index contributed by atoms with van der Waals surface area (Å²) < 4.78 is 24.0. The molecule has 0 heterocycles. The van der Waals surface area contributed by atoms with E-state index >= 15 is 0 Å². The first-order valence-electron chi connectivity index (χ1n) is 5.81. The van der Waals surface area contributed by atoms with Crippen molar-refractivity contribution in [1.82, 2.24) is 0 Å². The smallest absolute Gasteiger partial charge is 0.165 e. The molecule has 0 aliphatic rings. The molecule has 0 radical (unpaired) electrons. The van der Waals surface area contributed by atoms with Crippen LogP contribution in [0.2, 0.25) is 5.02 Å². The van der Waals surface area contributed by atoms with Gasteiger partial charge in [0.1, 0.15) is 12.4 Å². The molecule has 0 saturated heterocycles. The highest BCUT2D eigenvalue weighted by Crippen LogP contribution is 2.26. The summed E-state index contributed by atoms with van der Waals surface area (Å²) in [5.41, 5.74) is 1.77. The predicted molar refractivity (Wildman–Crippen MR) is 73.5 cm³/mol. The lowest BCUT2D eigenvalue weighted by Crippen LogP contribution is -1.98. The quantitative estimate of drug-likeness (QED) is 0.828. The van der Waals surface area contributed by atoms with Crippen molar-refractivity contribution in [1.29, 1.82) is 0 Å². The fraction of sp³-hybridized carbons (Fsp3) is 0.200. The van der Waals surface area contributed by atoms with Gasteiger partial charge in [0, 0.05) is 0 Å². The van der Waals surface area contributed by atoms with Crippen LogP contribution in [-0.2, 0) is 6.61 Å². The zero-order valence-corrected chi connectivity index (χ0v) is 11.5. The van der Waals surface area contributed by atoms with E-state index in [0.29, 0.717) is 10.8 Å². The molecule has 0 N–H and O–H groups in total. The molecule has 0 amide bonds. The van der Waals surface area contributed by atoms with E-state index in [4.69, 9.17) is 21.1 Å². The van der Waals surface area contributed by atoms with Gasteiger partial charge in [0.2, 0.25) is 0 Å². The van der Waals surface area contributed by atoms with Gasteiger partial charge in [-0.1, -0.05) is 23.7 Å². The van der Waals surface area contributed by atoms with Gasteiger partial charge in [0.15, 0.2) is 11.6 Å². The van der Waals surface area contributed by atoms with E-state index in [1.807, 2.05) is 19.1 Å². The molecule has 0 bridgehead atoms. The van der Waals surface area contributed by atoms with Crippen molar-refractivity contribution in [3.8, 4) is 11.5 Å². The highest BCUT2D eigenvalue weighted by Gasteiger charge is 2.06. The SMILES string of the molecule is COc1ccc(COc2cc(C)ccc2Cl)cc1F. The lowest BCUT2D eigenvalue weighted by atomic mass is 10.2. The maximum absolute atomic E-state index is 13.5. The second-order valence-corrected chi connectivity index (χ2v) is 4.60. The van der Waals surface area contributed by atoms with E-state index in [2.05, 4.69) is 0 Å². The summed E-state index contributed by atoms with van der Waals surface area (Å²) in [7, 11) is 1.43. The standard InChI is InChI=1S/C15H14ClFO2/c1-10-3-5-12(16)15(7-10)19-9-11-4-6-14(18-2)13(17)8-11/h3-8H,9H2,1-2H3. The highest BCUT2D eigenvalue weighted by molar-refractivity contribution is 6.32. The maximum atomic E-state index is 13.5. The van der Waals surface area contributed by atoms with Crippen LogP contribution >= 0.6 is 11.6 Å². The van der Waals surface area contributed by atoms with Crippen LogP contribution < -0.4 is 9.47 Å². The Hall–Kier alpha value is -1.74. The van der Waals surface area contributed by atoms with Crippen molar-refractivity contribution in [2.75, 3.05) is 7.11 Å². The van der Waals surface area contributed by atoms with Gasteiger partial charge in [0.05, 0.1) is 12.1 Å². The lowest BCUT2D eigenvalue weighted by Gasteiger charge is -2.10. The molecule has 2 nitrogen and oxygen atoms in total. The van der Waals surface area contributed by atoms with Crippen LogP contribution in [0, 0.1) is 12.7 Å². The van der Waals surface area contributed by atoms with Gasteiger partial charge in [-0.2, -0.15) is 0 Å². The van der Waals surface area contributed by atoms with Crippen LogP contribution in [0.5, 0.6) is 11.5 Å². The van der Waals surface area contributed by atoms with Gasteiger partial charge in [-0.15, -0.1) is 0 Å². The van der Waals surface area contributed by atoms with Crippen molar-refractivity contribution >= 4 is 11.6 Å². The van der Waals surface area contributed by atoms with Crippen LogP contribution in [0.25, 0.3) is 0 Å². The third kappa shape index (κ3) is 3.38. The van der Waals surface area contributed by atoms with Crippen molar-refractivity contribution in [2.45, 2.75) is 13.5 Å². The average Bonchev–Trinajstić information content (AvgIpc) is 2.40. The first-order chi connectivity index (χ1) is 9.10. The summed E-state index contributed by atoms with van der Waals surface area (Å²) in [6.07, 6.45) is 0. The van der Waals surface area contributed by atoms with Gasteiger partial charge >= 0.3 is 0 Å². The van der Waals surface area contributed by atoms with E-state index in [9.17, 15) is 4.39 Å². The van der Waals surface area contributed by atoms with Gasteiger partial charge in [-0.3, -0.25) is 0 Å². The third-order valence-corrected chi connectivity index (χ3v) is 3.01. The van der Waals surface area contributed by atoms with E-state index in [-0.39, 0.29) is 12.4 Å². The molecule has 100 valence electrons. The van der Waals surface area contributed by atoms with Gasteiger partial charge in [0.25, 0.3) is 0 Å². The minimum Gasteiger partial charge on any atom is -0.494 e. The molecular weight excluding hydrogens is 267 g/mol. The Morgan fingerprint density at radius 1 is 1.11 bits per heavy atom. The summed E-state index contributed by atoms with van der Waals surface area (Å²) in [4.78, 5) is 0. The largest absolute Gasteiger partial charge is 0.494 e. The average molecular weight is 281 g/mol. The number of hydrogen-bond donors (Lipinski definition) is 0. The highest BCUT2D eigenvalue weighted by atomic mass is 35.5. The monoisotopic (exact) mass is 280 g/mol. The van der Waals surface area contributed by atoms with Crippen molar-refractivity contribution in [3.05, 3.63) is 58.4 Å². The molecule has 0 aliphatic carbocycles. The van der Waals surface area contributed by atoms with Crippen LogP contribution in [-0.4, -0.2) is 7.11 Å². The molecule has 0 spiro atoms. The number of methoxy groups -OCH3 is 1. The molecule has 0 saturated carbocycles. The number of ether oxygens (including phenoxy) is 2. The molecule has 0 unspecified atom stereocenters. The predicted octanol–water partition coefficient (Wildman–Crippen LogP) is 4.38. The molecule has 19 heavy (non-hydrogen) atoms. The first kappa shape index (κ1) is 13.7. The van der Waals surface area contributed by atoms with E-state index in [0.717, 1.165) is 11.1 Å². The Kier molecular flexibility index (Phi) is 4.27. The Morgan fingerprint density at radius 2 is 1.89 bits per heavy atom. The minimum absolute atomic E-state index is 0.220. The normalized spacial score (nSPS) is 10.3. The molecule has 4 heteroatoms. The third-order valence-electron chi connectivity index (χ3n) is 2.70. The fourth-order valence-electron chi connectivity index (χ4n) is 1.68. The van der Waals surface area contributed by atoms with E-state index in [1.165, 1.54) is 13.2 Å². The molecule has 2 aromatic rings. The van der Waals surface area contributed by atoms with Crippen LogP contribution in [0.1, 0.15) is 11.1 Å². The number of rotatable bonds is 4. The molecule has 0 aromatic heterocycles. The molecule has 0 atom stereocenters. The van der Waals surface area contributed by atoms with Gasteiger partial charge in [-0.05, 0) is 42.3 Å². The number of halogens is 2. The number of benzene rings is 2. The molecule has 2 aromatic carbocycles. The minimum atomic E-state index is -0.404. The Balaban J connectivity index is 2.10. The first-order valence-corrected chi connectivity index (χ1v) is 6.19. The molecular formula is C15H14ClFO2.